The number of hydrogen-bond donors (Lipinski definition) is 2. The Kier molecular flexibility index (Phi) is 3.41. The first-order valence-electron chi connectivity index (χ1n) is 7.17. The predicted octanol–water partition coefficient (Wildman–Crippen LogP) is 3.36. The summed E-state index contributed by atoms with van der Waals surface area (Å²) < 4.78 is 0. The van der Waals surface area contributed by atoms with Crippen molar-refractivity contribution in [3.8, 4) is 0 Å². The Labute approximate surface area is 128 Å². The van der Waals surface area contributed by atoms with Crippen LogP contribution in [0.4, 0.5) is 11.6 Å². The van der Waals surface area contributed by atoms with Gasteiger partial charge >= 0.3 is 0 Å². The molecule has 112 valence electrons. The minimum atomic E-state index is -0.331. The molecule has 5 heteroatoms. The molecule has 0 aliphatic heterocycles. The molecule has 0 saturated carbocycles. The largest absolute Gasteiger partial charge is 0.324 e. The van der Waals surface area contributed by atoms with Gasteiger partial charge in [0.25, 0.3) is 5.56 Å². The van der Waals surface area contributed by atoms with Crippen molar-refractivity contribution in [3.05, 3.63) is 58.5 Å². The second-order valence-electron chi connectivity index (χ2n) is 6.29. The number of anilines is 2. The molecule has 0 spiro atoms. The minimum Gasteiger partial charge on any atom is -0.324 e. The summed E-state index contributed by atoms with van der Waals surface area (Å²) in [4.78, 5) is 14.8. The van der Waals surface area contributed by atoms with Gasteiger partial charge in [-0.05, 0) is 22.9 Å². The third kappa shape index (κ3) is 2.83. The summed E-state index contributed by atoms with van der Waals surface area (Å²) in [5.41, 5.74) is 0.733. The van der Waals surface area contributed by atoms with E-state index in [0.717, 1.165) is 16.5 Å². The van der Waals surface area contributed by atoms with Gasteiger partial charge < -0.3 is 5.32 Å². The van der Waals surface area contributed by atoms with E-state index in [9.17, 15) is 4.79 Å². The van der Waals surface area contributed by atoms with Gasteiger partial charge in [0.2, 0.25) is 5.95 Å². The predicted molar refractivity (Wildman–Crippen MR) is 88.6 cm³/mol. The minimum absolute atomic E-state index is 0.217. The number of nitrogens with one attached hydrogen (secondary N) is 2. The van der Waals surface area contributed by atoms with Crippen molar-refractivity contribution in [2.45, 2.75) is 26.2 Å². The molecule has 3 aromatic rings. The molecule has 1 aromatic heterocycles. The van der Waals surface area contributed by atoms with Crippen LogP contribution in [-0.4, -0.2) is 15.2 Å². The van der Waals surface area contributed by atoms with Crippen LogP contribution >= 0.6 is 0 Å². The number of H-pyrrole nitrogens is 1. The van der Waals surface area contributed by atoms with Gasteiger partial charge in [-0.15, -0.1) is 10.2 Å². The summed E-state index contributed by atoms with van der Waals surface area (Å²) in [5, 5.41) is 13.5. The number of aromatic amines is 1. The molecule has 5 nitrogen and oxygen atoms in total. The van der Waals surface area contributed by atoms with E-state index in [1.54, 1.807) is 0 Å². The summed E-state index contributed by atoms with van der Waals surface area (Å²) in [5.74, 6) is 0.341. The lowest BCUT2D eigenvalue weighted by atomic mass is 9.93. The van der Waals surface area contributed by atoms with Crippen molar-refractivity contribution in [1.82, 2.24) is 15.2 Å². The second kappa shape index (κ2) is 5.26. The summed E-state index contributed by atoms with van der Waals surface area (Å²) in [6, 6.07) is 14.1. The van der Waals surface area contributed by atoms with Gasteiger partial charge in [0, 0.05) is 11.1 Å². The van der Waals surface area contributed by atoms with Crippen LogP contribution in [0.15, 0.2) is 47.3 Å². The number of hydrogen-bond acceptors (Lipinski definition) is 4. The Morgan fingerprint density at radius 2 is 1.73 bits per heavy atom. The Balaban J connectivity index is 1.92. The van der Waals surface area contributed by atoms with Crippen molar-refractivity contribution < 1.29 is 0 Å². The average molecular weight is 294 g/mol. The Hall–Kier alpha value is -2.69. The van der Waals surface area contributed by atoms with Crippen LogP contribution in [0.3, 0.4) is 0 Å². The van der Waals surface area contributed by atoms with Gasteiger partial charge in [0.15, 0.2) is 0 Å². The third-order valence-corrected chi connectivity index (χ3v) is 3.42. The van der Waals surface area contributed by atoms with Gasteiger partial charge in [-0.25, -0.2) is 0 Å². The number of rotatable bonds is 2. The molecule has 22 heavy (non-hydrogen) atoms. The van der Waals surface area contributed by atoms with Crippen LogP contribution in [0.5, 0.6) is 0 Å². The topological polar surface area (TPSA) is 70.7 Å². The standard InChI is InChI=1S/C17H18N4O/c1-17(2,3)14-15(22)19-16(21-20-14)18-13-9-8-11-6-4-5-7-12(11)10-13/h4-10H,1-3H3,(H2,18,19,21,22). The van der Waals surface area contributed by atoms with E-state index in [4.69, 9.17) is 0 Å². The van der Waals surface area contributed by atoms with E-state index in [-0.39, 0.29) is 11.0 Å². The van der Waals surface area contributed by atoms with E-state index in [0.29, 0.717) is 11.6 Å². The third-order valence-electron chi connectivity index (χ3n) is 3.42. The fourth-order valence-corrected chi connectivity index (χ4v) is 2.29. The van der Waals surface area contributed by atoms with Crippen LogP contribution in [0, 0.1) is 0 Å². The molecule has 0 amide bonds. The zero-order valence-corrected chi connectivity index (χ0v) is 12.8. The monoisotopic (exact) mass is 294 g/mol. The number of aromatic nitrogens is 3. The SMILES string of the molecule is CC(C)(C)c1nnc(Nc2ccc3ccccc3c2)[nH]c1=O. The van der Waals surface area contributed by atoms with Gasteiger partial charge in [-0.1, -0.05) is 51.1 Å². The highest BCUT2D eigenvalue weighted by atomic mass is 16.1. The molecule has 0 atom stereocenters. The molecular formula is C17H18N4O. The van der Waals surface area contributed by atoms with E-state index >= 15 is 0 Å². The molecule has 3 rings (SSSR count). The summed E-state index contributed by atoms with van der Waals surface area (Å²) in [6.45, 7) is 5.80. The maximum Gasteiger partial charge on any atom is 0.274 e. The van der Waals surface area contributed by atoms with Crippen molar-refractivity contribution in [2.24, 2.45) is 0 Å². The van der Waals surface area contributed by atoms with Crippen LogP contribution in [0.1, 0.15) is 26.5 Å². The van der Waals surface area contributed by atoms with Gasteiger partial charge in [0.05, 0.1) is 0 Å². The van der Waals surface area contributed by atoms with Gasteiger partial charge in [0.1, 0.15) is 5.69 Å². The van der Waals surface area contributed by atoms with E-state index < -0.39 is 0 Å². The number of fused-ring (bicyclic) bond motifs is 1. The van der Waals surface area contributed by atoms with Gasteiger partial charge in [-0.2, -0.15) is 0 Å². The Morgan fingerprint density at radius 1 is 1.00 bits per heavy atom. The Morgan fingerprint density at radius 3 is 2.41 bits per heavy atom. The Bertz CT molecular complexity index is 877. The quantitative estimate of drug-likeness (QED) is 0.760. The molecule has 0 radical (unpaired) electrons. The normalized spacial score (nSPS) is 11.6. The smallest absolute Gasteiger partial charge is 0.274 e. The zero-order chi connectivity index (χ0) is 15.7. The molecule has 0 saturated heterocycles. The lowest BCUT2D eigenvalue weighted by Crippen LogP contribution is -2.28. The summed E-state index contributed by atoms with van der Waals surface area (Å²) >= 11 is 0. The fraction of sp³-hybridized carbons (Fsp3) is 0.235. The maximum atomic E-state index is 12.1. The van der Waals surface area contributed by atoms with Crippen LogP contribution in [0.2, 0.25) is 0 Å². The molecule has 0 fully saturated rings. The molecule has 0 aliphatic carbocycles. The van der Waals surface area contributed by atoms with E-state index in [1.165, 1.54) is 0 Å². The molecule has 0 unspecified atom stereocenters. The van der Waals surface area contributed by atoms with Crippen molar-refractivity contribution >= 4 is 22.4 Å². The zero-order valence-electron chi connectivity index (χ0n) is 12.8. The van der Waals surface area contributed by atoms with Crippen molar-refractivity contribution in [3.63, 3.8) is 0 Å². The first-order chi connectivity index (χ1) is 10.4. The molecule has 2 aromatic carbocycles. The van der Waals surface area contributed by atoms with Crippen LogP contribution in [0.25, 0.3) is 10.8 Å². The van der Waals surface area contributed by atoms with Crippen molar-refractivity contribution in [1.29, 1.82) is 0 Å². The summed E-state index contributed by atoms with van der Waals surface area (Å²) in [6.07, 6.45) is 0. The highest BCUT2D eigenvalue weighted by molar-refractivity contribution is 5.86. The fourth-order valence-electron chi connectivity index (χ4n) is 2.29. The lowest BCUT2D eigenvalue weighted by Gasteiger charge is -2.15. The van der Waals surface area contributed by atoms with Crippen LogP contribution < -0.4 is 10.9 Å². The highest BCUT2D eigenvalue weighted by Gasteiger charge is 2.20. The van der Waals surface area contributed by atoms with Gasteiger partial charge in [-0.3, -0.25) is 9.78 Å². The molecule has 0 aliphatic rings. The molecule has 2 N–H and O–H groups in total. The molecular weight excluding hydrogens is 276 g/mol. The van der Waals surface area contributed by atoms with E-state index in [1.807, 2.05) is 57.2 Å². The average Bonchev–Trinajstić information content (AvgIpc) is 2.46. The highest BCUT2D eigenvalue weighted by Crippen LogP contribution is 2.21. The first-order valence-corrected chi connectivity index (χ1v) is 7.17. The first kappa shape index (κ1) is 14.3. The van der Waals surface area contributed by atoms with E-state index in [2.05, 4.69) is 26.6 Å². The second-order valence-corrected chi connectivity index (χ2v) is 6.29. The van der Waals surface area contributed by atoms with Crippen LogP contribution in [-0.2, 0) is 5.41 Å². The summed E-state index contributed by atoms with van der Waals surface area (Å²) in [7, 11) is 0. The molecule has 1 heterocycles. The lowest BCUT2D eigenvalue weighted by molar-refractivity contribution is 0.547. The number of benzene rings is 2. The molecule has 0 bridgehead atoms. The number of nitrogens with zero attached hydrogens (tertiary/aromatic N) is 2. The van der Waals surface area contributed by atoms with Crippen molar-refractivity contribution in [2.75, 3.05) is 5.32 Å². The maximum absolute atomic E-state index is 12.1.